The highest BCUT2D eigenvalue weighted by Gasteiger charge is 2.21. The van der Waals surface area contributed by atoms with Crippen molar-refractivity contribution in [2.75, 3.05) is 33.8 Å². The Labute approximate surface area is 73.8 Å². The third kappa shape index (κ3) is 2.71. The van der Waals surface area contributed by atoms with Crippen LogP contribution in [0.25, 0.3) is 0 Å². The molecule has 0 atom stereocenters. The van der Waals surface area contributed by atoms with E-state index in [2.05, 4.69) is 0 Å². The summed E-state index contributed by atoms with van der Waals surface area (Å²) in [4.78, 5) is 0. The van der Waals surface area contributed by atoms with Crippen LogP contribution < -0.4 is 0 Å². The molecule has 6 heteroatoms. The lowest BCUT2D eigenvalue weighted by Gasteiger charge is -2.22. The molecule has 0 saturated heterocycles. The van der Waals surface area contributed by atoms with E-state index in [4.69, 9.17) is 5.11 Å². The third-order valence-corrected chi connectivity index (χ3v) is 3.51. The number of rotatable bonds is 5. The average molecular weight is 196 g/mol. The number of aliphatic hydroxyl groups is 1. The Hall–Kier alpha value is -0.170. The fraction of sp³-hybridized carbons (Fsp3) is 1.00. The van der Waals surface area contributed by atoms with E-state index in [1.807, 2.05) is 0 Å². The van der Waals surface area contributed by atoms with Crippen molar-refractivity contribution >= 4 is 10.2 Å². The first kappa shape index (κ1) is 11.8. The van der Waals surface area contributed by atoms with Crippen LogP contribution >= 0.6 is 0 Å². The zero-order valence-electron chi connectivity index (χ0n) is 7.69. The smallest absolute Gasteiger partial charge is 0.281 e. The Morgan fingerprint density at radius 3 is 2.08 bits per heavy atom. The van der Waals surface area contributed by atoms with Crippen LogP contribution in [0.2, 0.25) is 0 Å². The number of likely N-dealkylation sites (N-methyl/N-ethyl adjacent to an activating group) is 1. The second kappa shape index (κ2) is 4.76. The van der Waals surface area contributed by atoms with Crippen LogP contribution in [-0.4, -0.2) is 55.9 Å². The molecule has 0 fully saturated rings. The van der Waals surface area contributed by atoms with Crippen molar-refractivity contribution in [1.29, 1.82) is 0 Å². The van der Waals surface area contributed by atoms with Gasteiger partial charge in [0.15, 0.2) is 0 Å². The normalized spacial score (nSPS) is 12.8. The molecular weight excluding hydrogens is 180 g/mol. The second-order valence-electron chi connectivity index (χ2n) is 2.51. The molecule has 0 aromatic rings. The second-order valence-corrected chi connectivity index (χ2v) is 4.65. The van der Waals surface area contributed by atoms with Gasteiger partial charge in [0.25, 0.3) is 10.2 Å². The fourth-order valence-electron chi connectivity index (χ4n) is 0.779. The molecule has 0 aromatic carbocycles. The molecule has 0 bridgehead atoms. The Bertz CT molecular complexity index is 213. The van der Waals surface area contributed by atoms with Gasteiger partial charge in [0, 0.05) is 27.2 Å². The molecule has 0 unspecified atom stereocenters. The molecule has 0 heterocycles. The monoisotopic (exact) mass is 196 g/mol. The van der Waals surface area contributed by atoms with Crippen LogP contribution in [0.5, 0.6) is 0 Å². The van der Waals surface area contributed by atoms with E-state index in [-0.39, 0.29) is 13.2 Å². The lowest BCUT2D eigenvalue weighted by molar-refractivity contribution is 0.252. The van der Waals surface area contributed by atoms with E-state index in [1.165, 1.54) is 18.4 Å². The molecule has 0 saturated carbocycles. The highest BCUT2D eigenvalue weighted by atomic mass is 32.2. The molecule has 0 rings (SSSR count). The van der Waals surface area contributed by atoms with Crippen molar-refractivity contribution < 1.29 is 13.5 Å². The summed E-state index contributed by atoms with van der Waals surface area (Å²) < 4.78 is 25.1. The molecule has 5 nitrogen and oxygen atoms in total. The van der Waals surface area contributed by atoms with Gasteiger partial charge in [0.2, 0.25) is 0 Å². The summed E-state index contributed by atoms with van der Waals surface area (Å²) in [7, 11) is -0.409. The Kier molecular flexibility index (Phi) is 4.69. The summed E-state index contributed by atoms with van der Waals surface area (Å²) in [5.41, 5.74) is 0. The maximum atomic E-state index is 11.4. The summed E-state index contributed by atoms with van der Waals surface area (Å²) in [6, 6.07) is 0. The van der Waals surface area contributed by atoms with E-state index >= 15 is 0 Å². The first-order valence-corrected chi connectivity index (χ1v) is 5.15. The summed E-state index contributed by atoms with van der Waals surface area (Å²) in [6.07, 6.45) is 0. The molecule has 0 spiro atoms. The molecule has 0 aliphatic rings. The fourth-order valence-corrected chi connectivity index (χ4v) is 1.88. The molecule has 12 heavy (non-hydrogen) atoms. The van der Waals surface area contributed by atoms with E-state index < -0.39 is 10.2 Å². The van der Waals surface area contributed by atoms with Crippen molar-refractivity contribution in [2.24, 2.45) is 0 Å². The van der Waals surface area contributed by atoms with Crippen LogP contribution in [0.15, 0.2) is 0 Å². The molecule has 1 N–H and O–H groups in total. The Morgan fingerprint density at radius 2 is 1.83 bits per heavy atom. The van der Waals surface area contributed by atoms with Crippen molar-refractivity contribution in [3.8, 4) is 0 Å². The largest absolute Gasteiger partial charge is 0.395 e. The highest BCUT2D eigenvalue weighted by Crippen LogP contribution is 2.02. The standard InChI is InChI=1S/C6H16N2O3S/c1-4-8(5-6-9)12(10,11)7(2)3/h9H,4-6H2,1-3H3. The number of aliphatic hydroxyl groups excluding tert-OH is 1. The molecule has 0 amide bonds. The quantitative estimate of drug-likeness (QED) is 0.620. The summed E-state index contributed by atoms with van der Waals surface area (Å²) in [5, 5.41) is 8.59. The van der Waals surface area contributed by atoms with Crippen molar-refractivity contribution in [2.45, 2.75) is 6.92 Å². The van der Waals surface area contributed by atoms with Gasteiger partial charge in [-0.05, 0) is 0 Å². The molecular formula is C6H16N2O3S. The third-order valence-electron chi connectivity index (χ3n) is 1.49. The number of hydrogen-bond acceptors (Lipinski definition) is 3. The molecule has 0 aromatic heterocycles. The van der Waals surface area contributed by atoms with Crippen LogP contribution in [0, 0.1) is 0 Å². The molecule has 74 valence electrons. The predicted octanol–water partition coefficient (Wildman–Crippen LogP) is -0.893. The van der Waals surface area contributed by atoms with Gasteiger partial charge in [0.1, 0.15) is 0 Å². The SMILES string of the molecule is CCN(CCO)S(=O)(=O)N(C)C. The van der Waals surface area contributed by atoms with Crippen molar-refractivity contribution in [1.82, 2.24) is 8.61 Å². The lowest BCUT2D eigenvalue weighted by Crippen LogP contribution is -2.41. The first-order valence-electron chi connectivity index (χ1n) is 3.75. The minimum Gasteiger partial charge on any atom is -0.395 e. The minimum atomic E-state index is -3.34. The lowest BCUT2D eigenvalue weighted by atomic mass is 10.6. The zero-order chi connectivity index (χ0) is 9.78. The predicted molar refractivity (Wildman–Crippen MR) is 46.9 cm³/mol. The van der Waals surface area contributed by atoms with Crippen molar-refractivity contribution in [3.05, 3.63) is 0 Å². The Morgan fingerprint density at radius 1 is 1.33 bits per heavy atom. The molecule has 0 radical (unpaired) electrons. The van der Waals surface area contributed by atoms with E-state index in [0.29, 0.717) is 6.54 Å². The zero-order valence-corrected chi connectivity index (χ0v) is 8.50. The molecule has 0 aliphatic carbocycles. The van der Waals surface area contributed by atoms with Crippen LogP contribution in [0.4, 0.5) is 0 Å². The first-order chi connectivity index (χ1) is 5.46. The summed E-state index contributed by atoms with van der Waals surface area (Å²) in [5.74, 6) is 0. The van der Waals surface area contributed by atoms with Gasteiger partial charge in [-0.2, -0.15) is 17.0 Å². The van der Waals surface area contributed by atoms with Crippen LogP contribution in [-0.2, 0) is 10.2 Å². The highest BCUT2D eigenvalue weighted by molar-refractivity contribution is 7.86. The Balaban J connectivity index is 4.49. The van der Waals surface area contributed by atoms with E-state index in [0.717, 1.165) is 4.31 Å². The van der Waals surface area contributed by atoms with Gasteiger partial charge >= 0.3 is 0 Å². The van der Waals surface area contributed by atoms with Gasteiger partial charge in [-0.3, -0.25) is 0 Å². The van der Waals surface area contributed by atoms with Gasteiger partial charge in [-0.15, -0.1) is 0 Å². The summed E-state index contributed by atoms with van der Waals surface area (Å²) in [6.45, 7) is 2.11. The van der Waals surface area contributed by atoms with Gasteiger partial charge in [-0.1, -0.05) is 6.92 Å². The topological polar surface area (TPSA) is 60.9 Å². The van der Waals surface area contributed by atoms with E-state index in [9.17, 15) is 8.42 Å². The molecule has 0 aliphatic heterocycles. The van der Waals surface area contributed by atoms with Gasteiger partial charge < -0.3 is 5.11 Å². The van der Waals surface area contributed by atoms with E-state index in [1.54, 1.807) is 6.92 Å². The van der Waals surface area contributed by atoms with Gasteiger partial charge in [-0.25, -0.2) is 0 Å². The van der Waals surface area contributed by atoms with Crippen LogP contribution in [0.1, 0.15) is 6.92 Å². The number of hydrogen-bond donors (Lipinski definition) is 1. The maximum Gasteiger partial charge on any atom is 0.281 e. The maximum absolute atomic E-state index is 11.4. The van der Waals surface area contributed by atoms with Crippen LogP contribution in [0.3, 0.4) is 0 Å². The summed E-state index contributed by atoms with van der Waals surface area (Å²) >= 11 is 0. The van der Waals surface area contributed by atoms with Crippen molar-refractivity contribution in [3.63, 3.8) is 0 Å². The average Bonchev–Trinajstić information content (AvgIpc) is 1.99. The minimum absolute atomic E-state index is 0.150. The van der Waals surface area contributed by atoms with Gasteiger partial charge in [0.05, 0.1) is 6.61 Å². The number of nitrogens with zero attached hydrogens (tertiary/aromatic N) is 2.